The van der Waals surface area contributed by atoms with E-state index in [1.54, 1.807) is 0 Å². The lowest BCUT2D eigenvalue weighted by Crippen LogP contribution is -2.43. The maximum Gasteiger partial charge on any atom is 0.225 e. The normalized spacial score (nSPS) is 15.9. The Morgan fingerprint density at radius 1 is 1.12 bits per heavy atom. The highest BCUT2D eigenvalue weighted by atomic mass is 15.3. The third kappa shape index (κ3) is 3.59. The van der Waals surface area contributed by atoms with E-state index >= 15 is 0 Å². The summed E-state index contributed by atoms with van der Waals surface area (Å²) < 4.78 is 2.05. The van der Waals surface area contributed by atoms with Gasteiger partial charge >= 0.3 is 0 Å². The molecule has 24 heavy (non-hydrogen) atoms. The van der Waals surface area contributed by atoms with Crippen LogP contribution < -0.4 is 10.2 Å². The van der Waals surface area contributed by atoms with E-state index < -0.39 is 0 Å². The Balaban J connectivity index is 1.56. The van der Waals surface area contributed by atoms with Crippen molar-refractivity contribution in [1.29, 1.82) is 0 Å². The van der Waals surface area contributed by atoms with Gasteiger partial charge in [-0.2, -0.15) is 5.10 Å². The largest absolute Gasteiger partial charge is 0.341 e. The van der Waals surface area contributed by atoms with E-state index in [0.29, 0.717) is 6.04 Å². The molecule has 6 nitrogen and oxygen atoms in total. The molecule has 3 heterocycles. The van der Waals surface area contributed by atoms with Crippen molar-refractivity contribution in [3.05, 3.63) is 35.4 Å². The minimum absolute atomic E-state index is 0.555. The van der Waals surface area contributed by atoms with Gasteiger partial charge in [0, 0.05) is 56.4 Å². The van der Waals surface area contributed by atoms with E-state index in [-0.39, 0.29) is 0 Å². The summed E-state index contributed by atoms with van der Waals surface area (Å²) in [6, 6.07) is 2.42. The highest BCUT2D eigenvalue weighted by Gasteiger charge is 2.21. The zero-order valence-electron chi connectivity index (χ0n) is 15.0. The fourth-order valence-corrected chi connectivity index (χ4v) is 3.58. The van der Waals surface area contributed by atoms with Crippen LogP contribution in [0.2, 0.25) is 0 Å². The van der Waals surface area contributed by atoms with Crippen LogP contribution in [-0.2, 0) is 26.4 Å². The van der Waals surface area contributed by atoms with Crippen molar-refractivity contribution in [2.75, 3.05) is 18.0 Å². The number of hydrogen-bond acceptors (Lipinski definition) is 5. The third-order valence-electron chi connectivity index (χ3n) is 4.93. The molecule has 1 aliphatic rings. The molecular formula is C18H28N6. The van der Waals surface area contributed by atoms with Crippen LogP contribution in [0.4, 0.5) is 5.95 Å². The molecule has 0 radical (unpaired) electrons. The van der Waals surface area contributed by atoms with E-state index in [2.05, 4.69) is 46.2 Å². The highest BCUT2D eigenvalue weighted by Crippen LogP contribution is 2.18. The number of aryl methyl sites for hydroxylation is 2. The standard InChI is InChI=1S/C18H28N6/c1-4-16-15(17(5-2)23(3)22-16)13-21-14-7-11-24(12-8-14)18-19-9-6-10-20-18/h6,9-10,14,21H,4-5,7-8,11-13H2,1-3H3. The van der Waals surface area contributed by atoms with Gasteiger partial charge in [-0.25, -0.2) is 9.97 Å². The number of nitrogens with zero attached hydrogens (tertiary/aromatic N) is 5. The van der Waals surface area contributed by atoms with Crippen molar-refractivity contribution in [2.45, 2.75) is 52.1 Å². The topological polar surface area (TPSA) is 58.9 Å². The van der Waals surface area contributed by atoms with Gasteiger partial charge < -0.3 is 10.2 Å². The van der Waals surface area contributed by atoms with Gasteiger partial charge in [-0.1, -0.05) is 13.8 Å². The van der Waals surface area contributed by atoms with E-state index in [4.69, 9.17) is 0 Å². The van der Waals surface area contributed by atoms with Gasteiger partial charge in [-0.05, 0) is 31.7 Å². The number of piperidine rings is 1. The predicted molar refractivity (Wildman–Crippen MR) is 96.1 cm³/mol. The molecule has 0 unspecified atom stereocenters. The van der Waals surface area contributed by atoms with Crippen LogP contribution in [-0.4, -0.2) is 38.9 Å². The summed E-state index contributed by atoms with van der Waals surface area (Å²) in [6.45, 7) is 7.33. The van der Waals surface area contributed by atoms with Crippen LogP contribution in [0.25, 0.3) is 0 Å². The first-order chi connectivity index (χ1) is 11.7. The van der Waals surface area contributed by atoms with E-state index in [0.717, 1.165) is 51.3 Å². The first-order valence-electron chi connectivity index (χ1n) is 9.01. The van der Waals surface area contributed by atoms with Crippen molar-refractivity contribution < 1.29 is 0 Å². The van der Waals surface area contributed by atoms with Crippen LogP contribution in [0.3, 0.4) is 0 Å². The first kappa shape index (κ1) is 16.9. The lowest BCUT2D eigenvalue weighted by atomic mass is 10.0. The molecule has 0 aliphatic carbocycles. The van der Waals surface area contributed by atoms with Crippen molar-refractivity contribution in [1.82, 2.24) is 25.1 Å². The number of hydrogen-bond donors (Lipinski definition) is 1. The second kappa shape index (κ2) is 7.75. The number of nitrogens with one attached hydrogen (secondary N) is 1. The monoisotopic (exact) mass is 328 g/mol. The minimum atomic E-state index is 0.555. The zero-order valence-corrected chi connectivity index (χ0v) is 15.0. The fraction of sp³-hybridized carbons (Fsp3) is 0.611. The fourth-order valence-electron chi connectivity index (χ4n) is 3.58. The van der Waals surface area contributed by atoms with Crippen LogP contribution in [0, 0.1) is 0 Å². The maximum atomic E-state index is 4.67. The summed E-state index contributed by atoms with van der Waals surface area (Å²) in [5, 5.41) is 8.42. The number of rotatable bonds is 6. The molecule has 0 spiro atoms. The molecule has 2 aromatic rings. The van der Waals surface area contributed by atoms with Gasteiger partial charge in [0.2, 0.25) is 5.95 Å². The van der Waals surface area contributed by atoms with Gasteiger partial charge in [-0.3, -0.25) is 4.68 Å². The molecule has 0 aromatic carbocycles. The lowest BCUT2D eigenvalue weighted by molar-refractivity contribution is 0.410. The quantitative estimate of drug-likeness (QED) is 0.880. The molecular weight excluding hydrogens is 300 g/mol. The average molecular weight is 328 g/mol. The summed E-state index contributed by atoms with van der Waals surface area (Å²) in [6.07, 6.45) is 7.91. The smallest absolute Gasteiger partial charge is 0.225 e. The van der Waals surface area contributed by atoms with Crippen molar-refractivity contribution in [2.24, 2.45) is 7.05 Å². The number of aromatic nitrogens is 4. The zero-order chi connectivity index (χ0) is 16.9. The maximum absolute atomic E-state index is 4.67. The van der Waals surface area contributed by atoms with Crippen LogP contribution in [0.1, 0.15) is 43.6 Å². The van der Waals surface area contributed by atoms with E-state index in [1.807, 2.05) is 23.1 Å². The summed E-state index contributed by atoms with van der Waals surface area (Å²) in [4.78, 5) is 11.0. The third-order valence-corrected chi connectivity index (χ3v) is 4.93. The van der Waals surface area contributed by atoms with Crippen molar-refractivity contribution in [3.63, 3.8) is 0 Å². The second-order valence-electron chi connectivity index (χ2n) is 6.39. The summed E-state index contributed by atoms with van der Waals surface area (Å²) in [7, 11) is 2.06. The van der Waals surface area contributed by atoms with Gasteiger partial charge in [0.15, 0.2) is 0 Å². The van der Waals surface area contributed by atoms with Crippen molar-refractivity contribution in [3.8, 4) is 0 Å². The van der Waals surface area contributed by atoms with Crippen molar-refractivity contribution >= 4 is 5.95 Å². The molecule has 0 amide bonds. The van der Waals surface area contributed by atoms with E-state index in [1.165, 1.54) is 17.0 Å². The molecule has 6 heteroatoms. The molecule has 1 fully saturated rings. The first-order valence-corrected chi connectivity index (χ1v) is 9.01. The molecule has 3 rings (SSSR count). The van der Waals surface area contributed by atoms with Gasteiger partial charge in [0.05, 0.1) is 5.69 Å². The molecule has 1 aliphatic heterocycles. The minimum Gasteiger partial charge on any atom is -0.341 e. The summed E-state index contributed by atoms with van der Waals surface area (Å²) >= 11 is 0. The molecule has 130 valence electrons. The Morgan fingerprint density at radius 3 is 2.46 bits per heavy atom. The molecule has 2 aromatic heterocycles. The molecule has 0 saturated carbocycles. The van der Waals surface area contributed by atoms with Gasteiger partial charge in [0.25, 0.3) is 0 Å². The van der Waals surface area contributed by atoms with E-state index in [9.17, 15) is 0 Å². The van der Waals surface area contributed by atoms with Gasteiger partial charge in [0.1, 0.15) is 0 Å². The predicted octanol–water partition coefficient (Wildman–Crippen LogP) is 2.09. The SMILES string of the molecule is CCc1nn(C)c(CC)c1CNC1CCN(c2ncccn2)CC1. The highest BCUT2D eigenvalue weighted by molar-refractivity contribution is 5.29. The Bertz CT molecular complexity index is 643. The van der Waals surface area contributed by atoms with Crippen LogP contribution in [0.15, 0.2) is 18.5 Å². The Hall–Kier alpha value is -1.95. The lowest BCUT2D eigenvalue weighted by Gasteiger charge is -2.32. The summed E-state index contributed by atoms with van der Waals surface area (Å²) in [5.41, 5.74) is 3.99. The molecule has 1 saturated heterocycles. The molecule has 0 atom stereocenters. The van der Waals surface area contributed by atoms with Gasteiger partial charge in [-0.15, -0.1) is 0 Å². The molecule has 0 bridgehead atoms. The van der Waals surface area contributed by atoms with Crippen LogP contribution in [0.5, 0.6) is 0 Å². The average Bonchev–Trinajstić information content (AvgIpc) is 2.95. The second-order valence-corrected chi connectivity index (χ2v) is 6.39. The Labute approximate surface area is 144 Å². The number of anilines is 1. The summed E-state index contributed by atoms with van der Waals surface area (Å²) in [5.74, 6) is 0.852. The van der Waals surface area contributed by atoms with Crippen LogP contribution >= 0.6 is 0 Å². The molecule has 1 N–H and O–H groups in total. The Morgan fingerprint density at radius 2 is 1.83 bits per heavy atom. The Kier molecular flexibility index (Phi) is 5.45.